The van der Waals surface area contributed by atoms with Gasteiger partial charge in [0, 0.05) is 12.6 Å². The molecule has 1 unspecified atom stereocenters. The van der Waals surface area contributed by atoms with Gasteiger partial charge in [0.05, 0.1) is 11.1 Å². The van der Waals surface area contributed by atoms with Gasteiger partial charge in [-0.1, -0.05) is 0 Å². The third kappa shape index (κ3) is 3.07. The Bertz CT molecular complexity index is 437. The maximum atomic E-state index is 11.7. The Morgan fingerprint density at radius 3 is 3.06 bits per heavy atom. The van der Waals surface area contributed by atoms with E-state index in [-0.39, 0.29) is 17.3 Å². The fourth-order valence-corrected chi connectivity index (χ4v) is 2.07. The van der Waals surface area contributed by atoms with Gasteiger partial charge in [-0.25, -0.2) is 0 Å². The van der Waals surface area contributed by atoms with Crippen molar-refractivity contribution in [2.24, 2.45) is 5.92 Å². The summed E-state index contributed by atoms with van der Waals surface area (Å²) >= 11 is 0. The zero-order valence-electron chi connectivity index (χ0n) is 9.94. The second kappa shape index (κ2) is 5.63. The van der Waals surface area contributed by atoms with Crippen LogP contribution in [0.2, 0.25) is 0 Å². The number of nitro groups is 1. The second-order valence-electron chi connectivity index (χ2n) is 4.43. The molecule has 18 heavy (non-hydrogen) atoms. The van der Waals surface area contributed by atoms with Gasteiger partial charge in [-0.3, -0.25) is 14.9 Å². The molecule has 2 heterocycles. The molecule has 1 atom stereocenters. The molecule has 98 valence electrons. The van der Waals surface area contributed by atoms with E-state index < -0.39 is 4.92 Å². The van der Waals surface area contributed by atoms with Crippen molar-refractivity contribution in [1.29, 1.82) is 0 Å². The van der Waals surface area contributed by atoms with Crippen LogP contribution in [0.5, 0.6) is 0 Å². The molecule has 1 fully saturated rings. The predicted octanol–water partition coefficient (Wildman–Crippen LogP) is 0.652. The molecule has 0 spiro atoms. The van der Waals surface area contributed by atoms with Gasteiger partial charge < -0.3 is 15.6 Å². The van der Waals surface area contributed by atoms with Crippen LogP contribution in [0.1, 0.15) is 23.3 Å². The lowest BCUT2D eigenvalue weighted by molar-refractivity contribution is -0.384. The predicted molar refractivity (Wildman–Crippen MR) is 65.4 cm³/mol. The van der Waals surface area contributed by atoms with Gasteiger partial charge in [0.15, 0.2) is 0 Å². The summed E-state index contributed by atoms with van der Waals surface area (Å²) in [6.07, 6.45) is 3.29. The van der Waals surface area contributed by atoms with Crippen LogP contribution >= 0.6 is 0 Å². The standard InChI is InChI=1S/C11H16N4O3/c16-11(10-5-9(7-14-10)15(17)18)13-4-2-8-1-3-12-6-8/h5,7-8,12,14H,1-4,6H2,(H,13,16). The Morgan fingerprint density at radius 2 is 2.44 bits per heavy atom. The number of aromatic amines is 1. The molecule has 1 aliphatic rings. The lowest BCUT2D eigenvalue weighted by Gasteiger charge is -2.08. The van der Waals surface area contributed by atoms with Crippen LogP contribution < -0.4 is 10.6 Å². The molecule has 1 aliphatic heterocycles. The summed E-state index contributed by atoms with van der Waals surface area (Å²) in [5.41, 5.74) is 0.131. The highest BCUT2D eigenvalue weighted by atomic mass is 16.6. The topological polar surface area (TPSA) is 100 Å². The number of hydrogen-bond donors (Lipinski definition) is 3. The zero-order chi connectivity index (χ0) is 13.0. The molecule has 1 aromatic rings. The molecule has 7 heteroatoms. The summed E-state index contributed by atoms with van der Waals surface area (Å²) in [4.78, 5) is 24.2. The summed E-state index contributed by atoms with van der Waals surface area (Å²) in [6.45, 7) is 2.64. The molecule has 1 saturated heterocycles. The smallest absolute Gasteiger partial charge is 0.287 e. The lowest BCUT2D eigenvalue weighted by atomic mass is 10.1. The first-order chi connectivity index (χ1) is 8.66. The second-order valence-corrected chi connectivity index (χ2v) is 4.43. The van der Waals surface area contributed by atoms with Crippen LogP contribution in [-0.4, -0.2) is 35.4 Å². The van der Waals surface area contributed by atoms with Crippen LogP contribution in [0, 0.1) is 16.0 Å². The highest BCUT2D eigenvalue weighted by molar-refractivity contribution is 5.93. The van der Waals surface area contributed by atoms with Gasteiger partial charge in [0.1, 0.15) is 5.69 Å². The van der Waals surface area contributed by atoms with E-state index in [0.29, 0.717) is 12.5 Å². The number of hydrogen-bond acceptors (Lipinski definition) is 4. The van der Waals surface area contributed by atoms with Crippen molar-refractivity contribution in [2.45, 2.75) is 12.8 Å². The quantitative estimate of drug-likeness (QED) is 0.529. The SMILES string of the molecule is O=C(NCCC1CCNC1)c1cc([N+](=O)[O-])c[nH]1. The minimum atomic E-state index is -0.530. The highest BCUT2D eigenvalue weighted by Crippen LogP contribution is 2.13. The van der Waals surface area contributed by atoms with Crippen molar-refractivity contribution >= 4 is 11.6 Å². The summed E-state index contributed by atoms with van der Waals surface area (Å²) in [7, 11) is 0. The summed E-state index contributed by atoms with van der Waals surface area (Å²) in [5, 5.41) is 16.5. The Balaban J connectivity index is 1.77. The van der Waals surface area contributed by atoms with E-state index in [1.165, 1.54) is 12.3 Å². The van der Waals surface area contributed by atoms with Gasteiger partial charge in [-0.05, 0) is 31.8 Å². The molecule has 0 saturated carbocycles. The third-order valence-electron chi connectivity index (χ3n) is 3.12. The minimum absolute atomic E-state index is 0.0971. The van der Waals surface area contributed by atoms with E-state index in [2.05, 4.69) is 15.6 Å². The maximum Gasteiger partial charge on any atom is 0.287 e. The first-order valence-corrected chi connectivity index (χ1v) is 5.98. The zero-order valence-corrected chi connectivity index (χ0v) is 9.94. The minimum Gasteiger partial charge on any atom is -0.351 e. The molecule has 1 aromatic heterocycles. The molecule has 1 amide bonds. The maximum absolute atomic E-state index is 11.7. The van der Waals surface area contributed by atoms with Crippen LogP contribution in [0.15, 0.2) is 12.3 Å². The fraction of sp³-hybridized carbons (Fsp3) is 0.545. The van der Waals surface area contributed by atoms with Gasteiger partial charge in [0.25, 0.3) is 11.6 Å². The monoisotopic (exact) mass is 252 g/mol. The highest BCUT2D eigenvalue weighted by Gasteiger charge is 2.16. The summed E-state index contributed by atoms with van der Waals surface area (Å²) in [6, 6.07) is 1.24. The van der Waals surface area contributed by atoms with Crippen molar-refractivity contribution in [3.8, 4) is 0 Å². The van der Waals surface area contributed by atoms with E-state index in [9.17, 15) is 14.9 Å². The number of carbonyl (C=O) groups excluding carboxylic acids is 1. The number of nitrogens with one attached hydrogen (secondary N) is 3. The van der Waals surface area contributed by atoms with Crippen molar-refractivity contribution in [3.63, 3.8) is 0 Å². The summed E-state index contributed by atoms with van der Waals surface area (Å²) < 4.78 is 0. The van der Waals surface area contributed by atoms with Crippen LogP contribution in [-0.2, 0) is 0 Å². The van der Waals surface area contributed by atoms with Crippen LogP contribution in [0.4, 0.5) is 5.69 Å². The Hall–Kier alpha value is -1.89. The van der Waals surface area contributed by atoms with Crippen LogP contribution in [0.3, 0.4) is 0 Å². The molecular formula is C11H16N4O3. The van der Waals surface area contributed by atoms with Gasteiger partial charge in [-0.2, -0.15) is 0 Å². The number of nitrogens with zero attached hydrogens (tertiary/aromatic N) is 1. The molecule has 3 N–H and O–H groups in total. The van der Waals surface area contributed by atoms with E-state index in [1.807, 2.05) is 0 Å². The largest absolute Gasteiger partial charge is 0.351 e. The molecular weight excluding hydrogens is 236 g/mol. The van der Waals surface area contributed by atoms with Crippen molar-refractivity contribution in [2.75, 3.05) is 19.6 Å². The van der Waals surface area contributed by atoms with Crippen molar-refractivity contribution in [1.82, 2.24) is 15.6 Å². The summed E-state index contributed by atoms with van der Waals surface area (Å²) in [5.74, 6) is 0.317. The van der Waals surface area contributed by atoms with E-state index >= 15 is 0 Å². The molecule has 7 nitrogen and oxygen atoms in total. The average molecular weight is 252 g/mol. The fourth-order valence-electron chi connectivity index (χ4n) is 2.07. The normalized spacial score (nSPS) is 18.8. The van der Waals surface area contributed by atoms with E-state index in [4.69, 9.17) is 0 Å². The van der Waals surface area contributed by atoms with Crippen LogP contribution in [0.25, 0.3) is 0 Å². The van der Waals surface area contributed by atoms with Crippen molar-refractivity contribution < 1.29 is 9.72 Å². The lowest BCUT2D eigenvalue weighted by Crippen LogP contribution is -2.26. The molecule has 0 aromatic carbocycles. The number of H-pyrrole nitrogens is 1. The number of carbonyl (C=O) groups is 1. The Morgan fingerprint density at radius 1 is 1.61 bits per heavy atom. The Labute approximate surface area is 104 Å². The first kappa shape index (κ1) is 12.6. The van der Waals surface area contributed by atoms with Gasteiger partial charge >= 0.3 is 0 Å². The first-order valence-electron chi connectivity index (χ1n) is 5.98. The molecule has 0 radical (unpaired) electrons. The number of aromatic nitrogens is 1. The molecule has 2 rings (SSSR count). The molecule has 0 aliphatic carbocycles. The van der Waals surface area contributed by atoms with Gasteiger partial charge in [-0.15, -0.1) is 0 Å². The molecule has 0 bridgehead atoms. The number of amides is 1. The average Bonchev–Trinajstić information content (AvgIpc) is 2.99. The van der Waals surface area contributed by atoms with E-state index in [1.54, 1.807) is 0 Å². The third-order valence-corrected chi connectivity index (χ3v) is 3.12. The number of rotatable bonds is 5. The van der Waals surface area contributed by atoms with Gasteiger partial charge in [0.2, 0.25) is 0 Å². The van der Waals surface area contributed by atoms with E-state index in [0.717, 1.165) is 25.9 Å². The Kier molecular flexibility index (Phi) is 3.93. The van der Waals surface area contributed by atoms with Crippen molar-refractivity contribution in [3.05, 3.63) is 28.1 Å².